The van der Waals surface area contributed by atoms with E-state index in [1.807, 2.05) is 6.92 Å². The van der Waals surface area contributed by atoms with Crippen LogP contribution in [0, 0.1) is 5.82 Å². The van der Waals surface area contributed by atoms with Crippen molar-refractivity contribution >= 4 is 12.1 Å². The number of nitrogens with zero attached hydrogens (tertiary/aromatic N) is 2. The Hall–Kier alpha value is -2.90. The summed E-state index contributed by atoms with van der Waals surface area (Å²) in [6.45, 7) is 9.27. The van der Waals surface area contributed by atoms with Crippen molar-refractivity contribution in [2.45, 2.75) is 46.3 Å². The molecule has 1 heterocycles. The number of aromatic nitrogens is 2. The number of hydrogen-bond acceptors (Lipinski definition) is 5. The van der Waals surface area contributed by atoms with Crippen molar-refractivity contribution in [1.82, 2.24) is 15.1 Å². The minimum absolute atomic E-state index is 0.200. The lowest BCUT2D eigenvalue weighted by atomic mass is 10.1. The number of rotatable bonds is 6. The third-order valence-electron chi connectivity index (χ3n) is 3.72. The van der Waals surface area contributed by atoms with Gasteiger partial charge in [-0.2, -0.15) is 5.10 Å². The van der Waals surface area contributed by atoms with Gasteiger partial charge in [0.1, 0.15) is 17.1 Å². The molecule has 0 radical (unpaired) electrons. The highest BCUT2D eigenvalue weighted by molar-refractivity contribution is 5.89. The zero-order chi connectivity index (χ0) is 20.9. The summed E-state index contributed by atoms with van der Waals surface area (Å²) in [6.07, 6.45) is -0.553. The van der Waals surface area contributed by atoms with Crippen LogP contribution in [0.15, 0.2) is 30.3 Å². The molecule has 2 aromatic rings. The van der Waals surface area contributed by atoms with Gasteiger partial charge in [0.15, 0.2) is 0 Å². The molecule has 0 saturated carbocycles. The summed E-state index contributed by atoms with van der Waals surface area (Å²) in [7, 11) is 0. The van der Waals surface area contributed by atoms with Crippen LogP contribution in [0.2, 0.25) is 0 Å². The fourth-order valence-electron chi connectivity index (χ4n) is 2.48. The predicted molar refractivity (Wildman–Crippen MR) is 103 cm³/mol. The summed E-state index contributed by atoms with van der Waals surface area (Å²) in [5, 5.41) is 7.14. The van der Waals surface area contributed by atoms with Crippen LogP contribution < -0.4 is 5.32 Å². The Bertz CT molecular complexity index is 825. The number of benzene rings is 1. The van der Waals surface area contributed by atoms with Crippen molar-refractivity contribution in [2.75, 3.05) is 13.2 Å². The van der Waals surface area contributed by atoms with Gasteiger partial charge in [-0.3, -0.25) is 4.68 Å². The SMILES string of the molecule is CCOC(=O)c1cc(-c2ccc(F)cc2)nn1C(C)CNC(=O)OC(C)(C)C. The first kappa shape index (κ1) is 21.4. The maximum absolute atomic E-state index is 13.2. The second-order valence-electron chi connectivity index (χ2n) is 7.32. The second kappa shape index (κ2) is 8.86. The molecular formula is C20H26FN3O4. The van der Waals surface area contributed by atoms with Crippen LogP contribution in [-0.2, 0) is 9.47 Å². The first-order valence-electron chi connectivity index (χ1n) is 9.10. The van der Waals surface area contributed by atoms with Crippen molar-refractivity contribution in [3.63, 3.8) is 0 Å². The number of halogens is 1. The molecule has 0 saturated heterocycles. The highest BCUT2D eigenvalue weighted by atomic mass is 19.1. The van der Waals surface area contributed by atoms with Crippen molar-refractivity contribution in [3.05, 3.63) is 41.8 Å². The van der Waals surface area contributed by atoms with Crippen molar-refractivity contribution in [2.24, 2.45) is 0 Å². The fourth-order valence-corrected chi connectivity index (χ4v) is 2.48. The molecule has 28 heavy (non-hydrogen) atoms. The molecule has 0 aliphatic heterocycles. The highest BCUT2D eigenvalue weighted by Crippen LogP contribution is 2.22. The molecule has 1 unspecified atom stereocenters. The summed E-state index contributed by atoms with van der Waals surface area (Å²) in [4.78, 5) is 24.2. The minimum atomic E-state index is -0.606. The molecule has 2 rings (SSSR count). The number of carbonyl (C=O) groups is 2. The largest absolute Gasteiger partial charge is 0.461 e. The summed E-state index contributed by atoms with van der Waals surface area (Å²) >= 11 is 0. The molecule has 0 aliphatic rings. The van der Waals surface area contributed by atoms with Gasteiger partial charge in [0.25, 0.3) is 0 Å². The van der Waals surface area contributed by atoms with Crippen LogP contribution in [0.5, 0.6) is 0 Å². The fraction of sp³-hybridized carbons (Fsp3) is 0.450. The van der Waals surface area contributed by atoms with Gasteiger partial charge in [-0.05, 0) is 65.0 Å². The number of esters is 1. The number of alkyl carbamates (subject to hydrolysis) is 1. The number of carbonyl (C=O) groups excluding carboxylic acids is 2. The Labute approximate surface area is 163 Å². The zero-order valence-electron chi connectivity index (χ0n) is 16.8. The van der Waals surface area contributed by atoms with Gasteiger partial charge in [0.2, 0.25) is 0 Å². The van der Waals surface area contributed by atoms with Crippen LogP contribution in [0.1, 0.15) is 51.1 Å². The van der Waals surface area contributed by atoms with Gasteiger partial charge in [0.05, 0.1) is 18.3 Å². The van der Waals surface area contributed by atoms with E-state index in [0.717, 1.165) is 0 Å². The third kappa shape index (κ3) is 5.80. The van der Waals surface area contributed by atoms with Gasteiger partial charge in [0, 0.05) is 12.1 Å². The monoisotopic (exact) mass is 391 g/mol. The van der Waals surface area contributed by atoms with E-state index in [9.17, 15) is 14.0 Å². The van der Waals surface area contributed by atoms with Gasteiger partial charge in [-0.15, -0.1) is 0 Å². The maximum Gasteiger partial charge on any atom is 0.407 e. The van der Waals surface area contributed by atoms with Crippen LogP contribution in [0.25, 0.3) is 11.3 Å². The Morgan fingerprint density at radius 2 is 1.89 bits per heavy atom. The van der Waals surface area contributed by atoms with Gasteiger partial charge >= 0.3 is 12.1 Å². The molecule has 0 fully saturated rings. The summed E-state index contributed by atoms with van der Waals surface area (Å²) in [5.74, 6) is -0.879. The molecule has 7 nitrogen and oxygen atoms in total. The minimum Gasteiger partial charge on any atom is -0.461 e. The van der Waals surface area contributed by atoms with Crippen LogP contribution in [-0.4, -0.2) is 40.6 Å². The first-order valence-corrected chi connectivity index (χ1v) is 9.10. The van der Waals surface area contributed by atoms with Gasteiger partial charge < -0.3 is 14.8 Å². The topological polar surface area (TPSA) is 82.5 Å². The van der Waals surface area contributed by atoms with Gasteiger partial charge in [-0.1, -0.05) is 0 Å². The average molecular weight is 391 g/mol. The molecule has 152 valence electrons. The van der Waals surface area contributed by atoms with E-state index < -0.39 is 17.7 Å². The lowest BCUT2D eigenvalue weighted by molar-refractivity contribution is 0.0508. The third-order valence-corrected chi connectivity index (χ3v) is 3.72. The Morgan fingerprint density at radius 3 is 2.46 bits per heavy atom. The molecule has 0 spiro atoms. The van der Waals surface area contributed by atoms with E-state index in [2.05, 4.69) is 10.4 Å². The number of ether oxygens (including phenoxy) is 2. The predicted octanol–water partition coefficient (Wildman–Crippen LogP) is 3.95. The summed E-state index contributed by atoms with van der Waals surface area (Å²) in [5.41, 5.74) is 0.815. The summed E-state index contributed by atoms with van der Waals surface area (Å²) < 4.78 is 25.0. The number of hydrogen-bond donors (Lipinski definition) is 1. The van der Waals surface area contributed by atoms with E-state index in [0.29, 0.717) is 11.3 Å². The van der Waals surface area contributed by atoms with Gasteiger partial charge in [-0.25, -0.2) is 14.0 Å². The van der Waals surface area contributed by atoms with Crippen LogP contribution in [0.4, 0.5) is 9.18 Å². The lowest BCUT2D eigenvalue weighted by Crippen LogP contribution is -2.36. The maximum atomic E-state index is 13.2. The lowest BCUT2D eigenvalue weighted by Gasteiger charge is -2.21. The molecule has 1 atom stereocenters. The van der Waals surface area contributed by atoms with E-state index in [1.54, 1.807) is 45.9 Å². The number of amides is 1. The summed E-state index contributed by atoms with van der Waals surface area (Å²) in [6, 6.07) is 7.06. The molecule has 1 aromatic heterocycles. The average Bonchev–Trinajstić information content (AvgIpc) is 3.04. The van der Waals surface area contributed by atoms with Crippen LogP contribution in [0.3, 0.4) is 0 Å². The standard InChI is InChI=1S/C20H26FN3O4/c1-6-27-18(25)17-11-16(14-7-9-15(21)10-8-14)23-24(17)13(2)12-22-19(26)28-20(3,4)5/h7-11,13H,6,12H2,1-5H3,(H,22,26). The molecule has 0 bridgehead atoms. The number of nitrogens with one attached hydrogen (secondary N) is 1. The second-order valence-corrected chi connectivity index (χ2v) is 7.32. The highest BCUT2D eigenvalue weighted by Gasteiger charge is 2.22. The molecule has 1 amide bonds. The zero-order valence-corrected chi connectivity index (χ0v) is 16.8. The Kier molecular flexibility index (Phi) is 6.77. The molecule has 1 N–H and O–H groups in total. The van der Waals surface area contributed by atoms with E-state index in [4.69, 9.17) is 9.47 Å². The Morgan fingerprint density at radius 1 is 1.25 bits per heavy atom. The molecular weight excluding hydrogens is 365 g/mol. The van der Waals surface area contributed by atoms with Crippen molar-refractivity contribution < 1.29 is 23.5 Å². The quantitative estimate of drug-likeness (QED) is 0.754. The van der Waals surface area contributed by atoms with E-state index >= 15 is 0 Å². The van der Waals surface area contributed by atoms with E-state index in [1.165, 1.54) is 16.8 Å². The Balaban J connectivity index is 2.23. The van der Waals surface area contributed by atoms with Crippen molar-refractivity contribution in [3.8, 4) is 11.3 Å². The first-order chi connectivity index (χ1) is 13.1. The molecule has 8 heteroatoms. The van der Waals surface area contributed by atoms with Crippen LogP contribution >= 0.6 is 0 Å². The smallest absolute Gasteiger partial charge is 0.407 e. The van der Waals surface area contributed by atoms with E-state index in [-0.39, 0.29) is 30.7 Å². The molecule has 1 aromatic carbocycles. The normalized spacial score (nSPS) is 12.4. The van der Waals surface area contributed by atoms with Crippen molar-refractivity contribution in [1.29, 1.82) is 0 Å². The molecule has 0 aliphatic carbocycles.